The number of Topliss-reactive ketones (excluding diaryl/α,β-unsaturated/α-hetero) is 1. The van der Waals surface area contributed by atoms with E-state index in [0.717, 1.165) is 11.3 Å². The van der Waals surface area contributed by atoms with Crippen LogP contribution in [0.25, 0.3) is 0 Å². The Bertz CT molecular complexity index is 442. The van der Waals surface area contributed by atoms with E-state index in [1.807, 2.05) is 6.92 Å². The quantitative estimate of drug-likeness (QED) is 0.683. The molecule has 0 N–H and O–H groups in total. The second-order valence-corrected chi connectivity index (χ2v) is 3.99. The van der Waals surface area contributed by atoms with E-state index in [2.05, 4.69) is 0 Å². The van der Waals surface area contributed by atoms with E-state index in [-0.39, 0.29) is 24.7 Å². The highest BCUT2D eigenvalue weighted by Crippen LogP contribution is 2.28. The first-order valence-electron chi connectivity index (χ1n) is 4.67. The first-order chi connectivity index (χ1) is 7.09. The van der Waals surface area contributed by atoms with Crippen molar-refractivity contribution < 1.29 is 9.59 Å². The van der Waals surface area contributed by atoms with Gasteiger partial charge < -0.3 is 4.90 Å². The van der Waals surface area contributed by atoms with Crippen LogP contribution in [0.3, 0.4) is 0 Å². The van der Waals surface area contributed by atoms with Gasteiger partial charge in [0.1, 0.15) is 0 Å². The van der Waals surface area contributed by atoms with Gasteiger partial charge in [0.2, 0.25) is 5.91 Å². The third kappa shape index (κ3) is 1.75. The van der Waals surface area contributed by atoms with Crippen molar-refractivity contribution >= 4 is 29.0 Å². The Kier molecular flexibility index (Phi) is 2.49. The lowest BCUT2D eigenvalue weighted by Crippen LogP contribution is -2.25. The van der Waals surface area contributed by atoms with Gasteiger partial charge in [0, 0.05) is 10.7 Å². The molecule has 0 spiro atoms. The van der Waals surface area contributed by atoms with E-state index in [0.29, 0.717) is 5.02 Å². The molecule has 1 aromatic rings. The SMILES string of the molecule is Cc1c(Cl)cccc1N1CC(=O)CC1=O. The molecule has 1 aromatic carbocycles. The number of hydrogen-bond acceptors (Lipinski definition) is 2. The number of carbonyl (C=O) groups is 2. The molecule has 1 heterocycles. The van der Waals surface area contributed by atoms with Gasteiger partial charge in [-0.3, -0.25) is 9.59 Å². The Labute approximate surface area is 92.6 Å². The van der Waals surface area contributed by atoms with E-state index in [1.165, 1.54) is 4.90 Å². The zero-order chi connectivity index (χ0) is 11.0. The molecule has 0 aromatic heterocycles. The molecule has 0 aliphatic carbocycles. The van der Waals surface area contributed by atoms with Crippen LogP contribution < -0.4 is 4.90 Å². The van der Waals surface area contributed by atoms with Crippen LogP contribution in [0.2, 0.25) is 5.02 Å². The number of hydrogen-bond donors (Lipinski definition) is 0. The van der Waals surface area contributed by atoms with Gasteiger partial charge in [-0.05, 0) is 24.6 Å². The second-order valence-electron chi connectivity index (χ2n) is 3.58. The average molecular weight is 224 g/mol. The van der Waals surface area contributed by atoms with Crippen molar-refractivity contribution in [2.45, 2.75) is 13.3 Å². The van der Waals surface area contributed by atoms with Crippen LogP contribution in [-0.2, 0) is 9.59 Å². The molecule has 15 heavy (non-hydrogen) atoms. The van der Waals surface area contributed by atoms with Gasteiger partial charge in [-0.2, -0.15) is 0 Å². The largest absolute Gasteiger partial charge is 0.304 e. The van der Waals surface area contributed by atoms with E-state index in [4.69, 9.17) is 11.6 Å². The zero-order valence-electron chi connectivity index (χ0n) is 8.29. The number of benzene rings is 1. The van der Waals surface area contributed by atoms with E-state index in [9.17, 15) is 9.59 Å². The predicted molar refractivity (Wildman–Crippen MR) is 58.2 cm³/mol. The zero-order valence-corrected chi connectivity index (χ0v) is 9.04. The van der Waals surface area contributed by atoms with Gasteiger partial charge in [0.15, 0.2) is 5.78 Å². The van der Waals surface area contributed by atoms with Crippen molar-refractivity contribution in [3.63, 3.8) is 0 Å². The molecule has 1 saturated heterocycles. The summed E-state index contributed by atoms with van der Waals surface area (Å²) in [4.78, 5) is 24.1. The van der Waals surface area contributed by atoms with Crippen LogP contribution in [0.15, 0.2) is 18.2 Å². The molecule has 0 atom stereocenters. The lowest BCUT2D eigenvalue weighted by molar-refractivity contribution is -0.121. The molecule has 1 aliphatic rings. The number of nitrogens with zero attached hydrogens (tertiary/aromatic N) is 1. The standard InChI is InChI=1S/C11H10ClNO2/c1-7-9(12)3-2-4-10(7)13-6-8(14)5-11(13)15/h2-4H,5-6H2,1H3. The maximum atomic E-state index is 11.5. The maximum absolute atomic E-state index is 11.5. The average Bonchev–Trinajstić information content (AvgIpc) is 2.50. The Hall–Kier alpha value is -1.35. The van der Waals surface area contributed by atoms with Gasteiger partial charge in [0.25, 0.3) is 0 Å². The van der Waals surface area contributed by atoms with Crippen molar-refractivity contribution in [1.82, 2.24) is 0 Å². The van der Waals surface area contributed by atoms with Crippen LogP contribution in [0, 0.1) is 6.92 Å². The lowest BCUT2D eigenvalue weighted by Gasteiger charge is -2.17. The summed E-state index contributed by atoms with van der Waals surface area (Å²) in [6, 6.07) is 5.35. The number of carbonyl (C=O) groups excluding carboxylic acids is 2. The monoisotopic (exact) mass is 223 g/mol. The number of ketones is 1. The summed E-state index contributed by atoms with van der Waals surface area (Å²) in [6.07, 6.45) is 0.00591. The van der Waals surface area contributed by atoms with Gasteiger partial charge in [-0.1, -0.05) is 17.7 Å². The highest BCUT2D eigenvalue weighted by molar-refractivity contribution is 6.32. The summed E-state index contributed by atoms with van der Waals surface area (Å²) in [5.41, 5.74) is 1.57. The molecule has 0 unspecified atom stereocenters. The molecule has 1 amide bonds. The maximum Gasteiger partial charge on any atom is 0.234 e. The van der Waals surface area contributed by atoms with Crippen molar-refractivity contribution in [3.05, 3.63) is 28.8 Å². The molecule has 4 heteroatoms. The molecule has 2 rings (SSSR count). The van der Waals surface area contributed by atoms with Crippen LogP contribution in [-0.4, -0.2) is 18.2 Å². The Balaban J connectivity index is 2.42. The molecule has 1 aliphatic heterocycles. The summed E-state index contributed by atoms with van der Waals surface area (Å²) in [5, 5.41) is 0.611. The third-order valence-corrected chi connectivity index (χ3v) is 2.92. The lowest BCUT2D eigenvalue weighted by atomic mass is 10.2. The van der Waals surface area contributed by atoms with Crippen molar-refractivity contribution in [3.8, 4) is 0 Å². The fourth-order valence-corrected chi connectivity index (χ4v) is 1.86. The highest BCUT2D eigenvalue weighted by atomic mass is 35.5. The summed E-state index contributed by atoms with van der Waals surface area (Å²) in [7, 11) is 0. The smallest absolute Gasteiger partial charge is 0.234 e. The highest BCUT2D eigenvalue weighted by Gasteiger charge is 2.29. The Morgan fingerprint density at radius 2 is 2.07 bits per heavy atom. The minimum atomic E-state index is -0.148. The van der Waals surface area contributed by atoms with Crippen LogP contribution in [0.5, 0.6) is 0 Å². The molecule has 3 nitrogen and oxygen atoms in total. The minimum Gasteiger partial charge on any atom is -0.304 e. The van der Waals surface area contributed by atoms with Crippen molar-refractivity contribution in [2.24, 2.45) is 0 Å². The topological polar surface area (TPSA) is 37.4 Å². The van der Waals surface area contributed by atoms with E-state index < -0.39 is 0 Å². The summed E-state index contributed by atoms with van der Waals surface area (Å²) in [5.74, 6) is -0.190. The predicted octanol–water partition coefficient (Wildman–Crippen LogP) is 1.95. The van der Waals surface area contributed by atoms with Crippen LogP contribution in [0.4, 0.5) is 5.69 Å². The first-order valence-corrected chi connectivity index (χ1v) is 5.04. The number of rotatable bonds is 1. The third-order valence-electron chi connectivity index (χ3n) is 2.51. The molecule has 78 valence electrons. The van der Waals surface area contributed by atoms with Gasteiger partial charge in [-0.15, -0.1) is 0 Å². The van der Waals surface area contributed by atoms with Crippen molar-refractivity contribution in [1.29, 1.82) is 0 Å². The molecule has 0 bridgehead atoms. The molecule has 0 radical (unpaired) electrons. The summed E-state index contributed by atoms with van der Waals surface area (Å²) in [6.45, 7) is 2.01. The Morgan fingerprint density at radius 3 is 2.67 bits per heavy atom. The van der Waals surface area contributed by atoms with Crippen LogP contribution >= 0.6 is 11.6 Å². The fourth-order valence-electron chi connectivity index (χ4n) is 1.69. The molecular formula is C11H10ClNO2. The number of anilines is 1. The first kappa shape index (κ1) is 10.2. The minimum absolute atomic E-state index is 0.00591. The van der Waals surface area contributed by atoms with Gasteiger partial charge >= 0.3 is 0 Å². The second kappa shape index (κ2) is 3.66. The summed E-state index contributed by atoms with van der Waals surface area (Å²) >= 11 is 5.95. The fraction of sp³-hybridized carbons (Fsp3) is 0.273. The van der Waals surface area contributed by atoms with Gasteiger partial charge in [0.05, 0.1) is 13.0 Å². The summed E-state index contributed by atoms with van der Waals surface area (Å²) < 4.78 is 0. The van der Waals surface area contributed by atoms with Crippen LogP contribution in [0.1, 0.15) is 12.0 Å². The number of halogens is 1. The van der Waals surface area contributed by atoms with Crippen molar-refractivity contribution in [2.75, 3.05) is 11.4 Å². The van der Waals surface area contributed by atoms with E-state index >= 15 is 0 Å². The molecule has 1 fully saturated rings. The van der Waals surface area contributed by atoms with E-state index in [1.54, 1.807) is 18.2 Å². The van der Waals surface area contributed by atoms with Gasteiger partial charge in [-0.25, -0.2) is 0 Å². The molecule has 0 saturated carbocycles. The Morgan fingerprint density at radius 1 is 1.33 bits per heavy atom. The molecular weight excluding hydrogens is 214 g/mol. The number of amides is 1. The normalized spacial score (nSPS) is 16.3.